The van der Waals surface area contributed by atoms with Crippen molar-refractivity contribution >= 4 is 11.6 Å². The summed E-state index contributed by atoms with van der Waals surface area (Å²) in [6.45, 7) is 8.41. The molecule has 5 nitrogen and oxygen atoms in total. The highest BCUT2D eigenvalue weighted by atomic mass is 16.5. The fraction of sp³-hybridized carbons (Fsp3) is 0.536. The Morgan fingerprint density at radius 3 is 2.42 bits per heavy atom. The van der Waals surface area contributed by atoms with Gasteiger partial charge in [0.2, 0.25) is 5.91 Å². The van der Waals surface area contributed by atoms with E-state index in [0.717, 1.165) is 18.0 Å². The van der Waals surface area contributed by atoms with Crippen molar-refractivity contribution in [1.82, 2.24) is 0 Å². The lowest BCUT2D eigenvalue weighted by Gasteiger charge is -2.37. The second kappa shape index (κ2) is 11.0. The van der Waals surface area contributed by atoms with Crippen molar-refractivity contribution in [3.63, 3.8) is 0 Å². The fourth-order valence-electron chi connectivity index (χ4n) is 4.87. The van der Waals surface area contributed by atoms with Crippen molar-refractivity contribution in [2.45, 2.75) is 58.8 Å². The number of anilines is 1. The van der Waals surface area contributed by atoms with Gasteiger partial charge in [0.05, 0.1) is 20.1 Å². The number of carbonyl (C=O) groups is 1. The first-order chi connectivity index (χ1) is 15.7. The van der Waals surface area contributed by atoms with Crippen LogP contribution in [0.2, 0.25) is 0 Å². The monoisotopic (exact) mass is 452 g/mol. The van der Waals surface area contributed by atoms with Gasteiger partial charge in [-0.2, -0.15) is 0 Å². The molecule has 0 spiro atoms. The number of likely N-dealkylation sites (N-methyl/N-ethyl adjacent to an activating group) is 1. The Morgan fingerprint density at radius 1 is 1.06 bits per heavy atom. The summed E-state index contributed by atoms with van der Waals surface area (Å²) in [6.07, 6.45) is 5.39. The van der Waals surface area contributed by atoms with Gasteiger partial charge in [0, 0.05) is 12.7 Å². The number of methoxy groups -OCH3 is 1. The average molecular weight is 453 g/mol. The van der Waals surface area contributed by atoms with Gasteiger partial charge in [-0.3, -0.25) is 4.79 Å². The summed E-state index contributed by atoms with van der Waals surface area (Å²) in [6, 6.07) is 14.5. The number of hydrogen-bond donors (Lipinski definition) is 1. The van der Waals surface area contributed by atoms with Crippen LogP contribution in [-0.4, -0.2) is 33.2 Å². The van der Waals surface area contributed by atoms with Gasteiger partial charge >= 0.3 is 0 Å². The van der Waals surface area contributed by atoms with Crippen molar-refractivity contribution < 1.29 is 14.3 Å². The Kier molecular flexibility index (Phi) is 8.28. The Morgan fingerprint density at radius 2 is 1.79 bits per heavy atom. The molecule has 1 aliphatic rings. The van der Waals surface area contributed by atoms with E-state index in [0.29, 0.717) is 29.4 Å². The number of carbonyl (C=O) groups excluding carboxylic acids is 1. The highest BCUT2D eigenvalue weighted by Crippen LogP contribution is 2.43. The molecule has 2 N–H and O–H groups in total. The van der Waals surface area contributed by atoms with E-state index in [-0.39, 0.29) is 12.3 Å². The molecule has 3 rings (SSSR count). The maximum Gasteiger partial charge on any atom is 0.221 e. The zero-order chi connectivity index (χ0) is 24.0. The lowest BCUT2D eigenvalue weighted by molar-refractivity contribution is -0.117. The summed E-state index contributed by atoms with van der Waals surface area (Å²) >= 11 is 0. The number of amides is 1. The van der Waals surface area contributed by atoms with Crippen molar-refractivity contribution in [2.75, 3.05) is 32.2 Å². The van der Waals surface area contributed by atoms with Crippen LogP contribution < -0.4 is 20.1 Å². The first-order valence-electron chi connectivity index (χ1n) is 12.1. The van der Waals surface area contributed by atoms with E-state index >= 15 is 0 Å². The Hall–Kier alpha value is -2.69. The second-order valence-corrected chi connectivity index (χ2v) is 10.4. The van der Waals surface area contributed by atoms with Crippen molar-refractivity contribution in [3.05, 3.63) is 53.6 Å². The predicted octanol–water partition coefficient (Wildman–Crippen LogP) is 5.56. The van der Waals surface area contributed by atoms with Crippen LogP contribution >= 0.6 is 0 Å². The molecule has 1 aliphatic carbocycles. The molecule has 2 aromatic rings. The molecule has 1 amide bonds. The number of nitrogens with zero attached hydrogens (tertiary/aromatic N) is 1. The van der Waals surface area contributed by atoms with E-state index in [1.165, 1.54) is 36.9 Å². The van der Waals surface area contributed by atoms with Gasteiger partial charge in [-0.1, -0.05) is 39.0 Å². The number of benzene rings is 2. The fourth-order valence-corrected chi connectivity index (χ4v) is 4.87. The third kappa shape index (κ3) is 6.89. The lowest BCUT2D eigenvalue weighted by atomic mass is 9.68. The Labute approximate surface area is 199 Å². The number of hydrogen-bond acceptors (Lipinski definition) is 4. The summed E-state index contributed by atoms with van der Waals surface area (Å²) in [5.41, 5.74) is 9.20. The number of nitrogens with two attached hydrogens (primary N) is 1. The molecule has 1 fully saturated rings. The summed E-state index contributed by atoms with van der Waals surface area (Å²) in [5, 5.41) is 0. The first-order valence-corrected chi connectivity index (χ1v) is 12.1. The maximum absolute atomic E-state index is 11.2. The zero-order valence-electron chi connectivity index (χ0n) is 20.9. The van der Waals surface area contributed by atoms with Crippen molar-refractivity contribution in [1.29, 1.82) is 0 Å². The van der Waals surface area contributed by atoms with Gasteiger partial charge in [0.15, 0.2) is 11.5 Å². The Balaban J connectivity index is 1.55. The summed E-state index contributed by atoms with van der Waals surface area (Å²) in [4.78, 5) is 13.4. The van der Waals surface area contributed by atoms with Crippen LogP contribution in [0.4, 0.5) is 5.69 Å². The highest BCUT2D eigenvalue weighted by Gasteiger charge is 2.30. The third-order valence-corrected chi connectivity index (χ3v) is 7.02. The summed E-state index contributed by atoms with van der Waals surface area (Å²) < 4.78 is 11.4. The quantitative estimate of drug-likeness (QED) is 0.541. The highest BCUT2D eigenvalue weighted by molar-refractivity contribution is 5.76. The van der Waals surface area contributed by atoms with Crippen LogP contribution in [0, 0.1) is 11.3 Å². The molecule has 0 heterocycles. The normalized spacial score (nSPS) is 18.6. The SMILES string of the molecule is COc1cc(CC(N)=O)ccc1OCCN(C)c1cccc(C2CCC(C(C)(C)C)CC2)c1. The minimum absolute atomic E-state index is 0.188. The van der Waals surface area contributed by atoms with Gasteiger partial charge in [-0.25, -0.2) is 0 Å². The molecule has 5 heteroatoms. The smallest absolute Gasteiger partial charge is 0.221 e. The molecule has 0 unspecified atom stereocenters. The minimum atomic E-state index is -0.364. The molecular formula is C28H40N2O3. The van der Waals surface area contributed by atoms with Gasteiger partial charge < -0.3 is 20.1 Å². The molecule has 0 aromatic heterocycles. The van der Waals surface area contributed by atoms with Crippen molar-refractivity contribution in [3.8, 4) is 11.5 Å². The molecule has 0 radical (unpaired) electrons. The van der Waals surface area contributed by atoms with Crippen LogP contribution in [0.1, 0.15) is 63.5 Å². The van der Waals surface area contributed by atoms with Crippen LogP contribution in [-0.2, 0) is 11.2 Å². The molecule has 2 aromatic carbocycles. The summed E-state index contributed by atoms with van der Waals surface area (Å²) in [7, 11) is 3.70. The minimum Gasteiger partial charge on any atom is -0.493 e. The maximum atomic E-state index is 11.2. The summed E-state index contributed by atoms with van der Waals surface area (Å²) in [5.74, 6) is 2.42. The van der Waals surface area contributed by atoms with Gasteiger partial charge in [0.1, 0.15) is 6.61 Å². The average Bonchev–Trinajstić information content (AvgIpc) is 2.79. The van der Waals surface area contributed by atoms with Crippen LogP contribution in [0.25, 0.3) is 0 Å². The number of rotatable bonds is 9. The molecule has 180 valence electrons. The van der Waals surface area contributed by atoms with E-state index in [9.17, 15) is 4.79 Å². The van der Waals surface area contributed by atoms with E-state index in [2.05, 4.69) is 57.0 Å². The molecule has 1 saturated carbocycles. The van der Waals surface area contributed by atoms with Gasteiger partial charge in [-0.05, 0) is 78.3 Å². The number of primary amides is 1. The number of ether oxygens (including phenoxy) is 2. The predicted molar refractivity (Wildman–Crippen MR) is 135 cm³/mol. The van der Waals surface area contributed by atoms with Gasteiger partial charge in [0.25, 0.3) is 0 Å². The second-order valence-electron chi connectivity index (χ2n) is 10.4. The topological polar surface area (TPSA) is 64.8 Å². The lowest BCUT2D eigenvalue weighted by Crippen LogP contribution is -2.26. The largest absolute Gasteiger partial charge is 0.493 e. The van der Waals surface area contributed by atoms with E-state index in [4.69, 9.17) is 15.2 Å². The first kappa shape index (κ1) is 24.9. The molecular weight excluding hydrogens is 412 g/mol. The molecule has 0 saturated heterocycles. The van der Waals surface area contributed by atoms with Crippen molar-refractivity contribution in [2.24, 2.45) is 17.1 Å². The Bertz CT molecular complexity index is 927. The molecule has 0 bridgehead atoms. The van der Waals surface area contributed by atoms with Crippen LogP contribution in [0.3, 0.4) is 0 Å². The molecule has 0 atom stereocenters. The third-order valence-electron chi connectivity index (χ3n) is 7.02. The zero-order valence-corrected chi connectivity index (χ0v) is 20.9. The standard InChI is InChI=1S/C28H40N2O3/c1-28(2,3)23-12-10-21(11-13-23)22-7-6-8-24(19-22)30(4)15-16-33-25-14-9-20(18-27(29)31)17-26(25)32-5/h6-9,14,17,19,21,23H,10-13,15-16,18H2,1-5H3,(H2,29,31). The van der Waals surface area contributed by atoms with E-state index in [1.807, 2.05) is 18.2 Å². The van der Waals surface area contributed by atoms with Gasteiger partial charge in [-0.15, -0.1) is 0 Å². The molecule has 0 aliphatic heterocycles. The van der Waals surface area contributed by atoms with E-state index in [1.54, 1.807) is 7.11 Å². The van der Waals surface area contributed by atoms with Crippen LogP contribution in [0.5, 0.6) is 11.5 Å². The molecule has 33 heavy (non-hydrogen) atoms. The van der Waals surface area contributed by atoms with Crippen LogP contribution in [0.15, 0.2) is 42.5 Å². The van der Waals surface area contributed by atoms with E-state index < -0.39 is 0 Å².